The Balaban J connectivity index is 2.33. The summed E-state index contributed by atoms with van der Waals surface area (Å²) in [5.74, 6) is 0.676. The lowest BCUT2D eigenvalue weighted by Crippen LogP contribution is -2.13. The van der Waals surface area contributed by atoms with Gasteiger partial charge in [0.2, 0.25) is 0 Å². The average Bonchev–Trinajstić information content (AvgIpc) is 2.85. The van der Waals surface area contributed by atoms with Gasteiger partial charge >= 0.3 is 0 Å². The number of hydrogen-bond donors (Lipinski definition) is 1. The molecule has 17 heavy (non-hydrogen) atoms. The molecule has 0 aromatic carbocycles. The van der Waals surface area contributed by atoms with Gasteiger partial charge in [0.1, 0.15) is 5.82 Å². The van der Waals surface area contributed by atoms with Crippen LogP contribution in [-0.4, -0.2) is 24.4 Å². The van der Waals surface area contributed by atoms with Crippen LogP contribution in [-0.2, 0) is 13.6 Å². The maximum atomic E-state index is 10.3. The number of nitrogens with zero attached hydrogens (tertiary/aromatic N) is 4. The predicted octanol–water partition coefficient (Wildman–Crippen LogP) is 1.42. The van der Waals surface area contributed by atoms with Crippen LogP contribution in [0.15, 0.2) is 18.5 Å². The highest BCUT2D eigenvalue weighted by Crippen LogP contribution is 2.20. The van der Waals surface area contributed by atoms with Gasteiger partial charge < -0.3 is 9.67 Å². The summed E-state index contributed by atoms with van der Waals surface area (Å²) in [6, 6.07) is 1.88. The predicted molar refractivity (Wildman–Crippen MR) is 64.5 cm³/mol. The Morgan fingerprint density at radius 2 is 2.24 bits per heavy atom. The second-order valence-corrected chi connectivity index (χ2v) is 4.22. The Morgan fingerprint density at radius 3 is 2.82 bits per heavy atom. The highest BCUT2D eigenvalue weighted by Gasteiger charge is 2.19. The molecule has 0 saturated heterocycles. The van der Waals surface area contributed by atoms with Gasteiger partial charge in [-0.05, 0) is 19.4 Å². The Morgan fingerprint density at radius 1 is 1.47 bits per heavy atom. The van der Waals surface area contributed by atoms with Gasteiger partial charge in [-0.2, -0.15) is 5.10 Å². The minimum absolute atomic E-state index is 0.676. The Kier molecular flexibility index (Phi) is 3.28. The molecule has 0 fully saturated rings. The molecular formula is C12H18N4O. The van der Waals surface area contributed by atoms with E-state index in [1.165, 1.54) is 0 Å². The van der Waals surface area contributed by atoms with Crippen molar-refractivity contribution in [2.75, 3.05) is 0 Å². The smallest absolute Gasteiger partial charge is 0.153 e. The van der Waals surface area contributed by atoms with E-state index < -0.39 is 6.10 Å². The van der Waals surface area contributed by atoms with Crippen LogP contribution in [0.2, 0.25) is 0 Å². The molecule has 2 aromatic rings. The van der Waals surface area contributed by atoms with Crippen molar-refractivity contribution in [2.24, 2.45) is 7.05 Å². The second-order valence-electron chi connectivity index (χ2n) is 4.22. The van der Waals surface area contributed by atoms with Gasteiger partial charge in [-0.15, -0.1) is 0 Å². The molecule has 2 aromatic heterocycles. The van der Waals surface area contributed by atoms with E-state index in [4.69, 9.17) is 0 Å². The van der Waals surface area contributed by atoms with E-state index in [2.05, 4.69) is 17.0 Å². The van der Waals surface area contributed by atoms with Gasteiger partial charge in [-0.3, -0.25) is 4.68 Å². The Labute approximate surface area is 101 Å². The van der Waals surface area contributed by atoms with Gasteiger partial charge in [-0.25, -0.2) is 4.98 Å². The SMILES string of the molecule is CCCn1ccnc1C(O)c1cc(C)nn1C. The summed E-state index contributed by atoms with van der Waals surface area (Å²) in [4.78, 5) is 4.23. The molecule has 0 spiro atoms. The molecule has 1 atom stereocenters. The fourth-order valence-electron chi connectivity index (χ4n) is 2.02. The van der Waals surface area contributed by atoms with E-state index in [1.807, 2.05) is 30.8 Å². The topological polar surface area (TPSA) is 55.9 Å². The summed E-state index contributed by atoms with van der Waals surface area (Å²) in [6.45, 7) is 4.88. The quantitative estimate of drug-likeness (QED) is 0.870. The molecule has 5 heteroatoms. The number of aliphatic hydroxyl groups excluding tert-OH is 1. The van der Waals surface area contributed by atoms with E-state index in [1.54, 1.807) is 10.9 Å². The highest BCUT2D eigenvalue weighted by atomic mass is 16.3. The first-order valence-electron chi connectivity index (χ1n) is 5.83. The zero-order chi connectivity index (χ0) is 12.4. The van der Waals surface area contributed by atoms with Gasteiger partial charge in [0.05, 0.1) is 11.4 Å². The van der Waals surface area contributed by atoms with Crippen molar-refractivity contribution in [2.45, 2.75) is 32.9 Å². The normalized spacial score (nSPS) is 12.9. The second kappa shape index (κ2) is 4.71. The molecule has 0 radical (unpaired) electrons. The molecule has 0 saturated carbocycles. The molecule has 0 aliphatic rings. The van der Waals surface area contributed by atoms with Crippen molar-refractivity contribution < 1.29 is 5.11 Å². The van der Waals surface area contributed by atoms with Crippen LogP contribution < -0.4 is 0 Å². The lowest BCUT2D eigenvalue weighted by molar-refractivity contribution is 0.194. The van der Waals surface area contributed by atoms with Crippen molar-refractivity contribution in [3.05, 3.63) is 35.7 Å². The number of hydrogen-bond acceptors (Lipinski definition) is 3. The molecular weight excluding hydrogens is 216 g/mol. The zero-order valence-electron chi connectivity index (χ0n) is 10.5. The molecule has 0 bridgehead atoms. The van der Waals surface area contributed by atoms with Gasteiger partial charge in [0, 0.05) is 26.0 Å². The average molecular weight is 234 g/mol. The molecule has 92 valence electrons. The van der Waals surface area contributed by atoms with E-state index in [9.17, 15) is 5.11 Å². The minimum atomic E-state index is -0.720. The van der Waals surface area contributed by atoms with Crippen LogP contribution >= 0.6 is 0 Å². The summed E-state index contributed by atoms with van der Waals surface area (Å²) >= 11 is 0. The standard InChI is InChI=1S/C12H18N4O/c1-4-6-16-7-5-13-12(16)11(17)10-8-9(2)14-15(10)3/h5,7-8,11,17H,4,6H2,1-3H3. The minimum Gasteiger partial charge on any atom is -0.379 e. The number of rotatable bonds is 4. The van der Waals surface area contributed by atoms with Crippen molar-refractivity contribution in [1.82, 2.24) is 19.3 Å². The van der Waals surface area contributed by atoms with Crippen molar-refractivity contribution in [1.29, 1.82) is 0 Å². The monoisotopic (exact) mass is 234 g/mol. The first kappa shape index (κ1) is 11.9. The molecule has 0 amide bonds. The third-order valence-corrected chi connectivity index (χ3v) is 2.78. The van der Waals surface area contributed by atoms with E-state index in [0.29, 0.717) is 5.82 Å². The van der Waals surface area contributed by atoms with Crippen molar-refractivity contribution >= 4 is 0 Å². The van der Waals surface area contributed by atoms with Crippen LogP contribution in [0.5, 0.6) is 0 Å². The van der Waals surface area contributed by atoms with Gasteiger partial charge in [-0.1, -0.05) is 6.92 Å². The van der Waals surface area contributed by atoms with Crippen LogP contribution in [0.4, 0.5) is 0 Å². The number of aryl methyl sites for hydroxylation is 3. The fraction of sp³-hybridized carbons (Fsp3) is 0.500. The number of aliphatic hydroxyl groups is 1. The van der Waals surface area contributed by atoms with Gasteiger partial charge in [0.15, 0.2) is 6.10 Å². The fourth-order valence-corrected chi connectivity index (χ4v) is 2.02. The largest absolute Gasteiger partial charge is 0.379 e. The maximum Gasteiger partial charge on any atom is 0.153 e. The van der Waals surface area contributed by atoms with Crippen LogP contribution in [0, 0.1) is 6.92 Å². The molecule has 0 aliphatic heterocycles. The molecule has 0 aliphatic carbocycles. The summed E-state index contributed by atoms with van der Waals surface area (Å²) in [7, 11) is 1.83. The van der Waals surface area contributed by atoms with Crippen LogP contribution in [0.3, 0.4) is 0 Å². The van der Waals surface area contributed by atoms with Crippen LogP contribution in [0.1, 0.15) is 36.7 Å². The first-order chi connectivity index (χ1) is 8.13. The van der Waals surface area contributed by atoms with E-state index in [-0.39, 0.29) is 0 Å². The lowest BCUT2D eigenvalue weighted by Gasteiger charge is -2.12. The highest BCUT2D eigenvalue weighted by molar-refractivity contribution is 5.18. The van der Waals surface area contributed by atoms with Crippen LogP contribution in [0.25, 0.3) is 0 Å². The van der Waals surface area contributed by atoms with Gasteiger partial charge in [0.25, 0.3) is 0 Å². The third-order valence-electron chi connectivity index (χ3n) is 2.78. The molecule has 2 rings (SSSR count). The summed E-state index contributed by atoms with van der Waals surface area (Å²) in [6.07, 6.45) is 3.91. The Hall–Kier alpha value is -1.62. The summed E-state index contributed by atoms with van der Waals surface area (Å²) < 4.78 is 3.68. The molecule has 1 N–H and O–H groups in total. The molecule has 5 nitrogen and oxygen atoms in total. The molecule has 1 unspecified atom stereocenters. The van der Waals surface area contributed by atoms with Crippen molar-refractivity contribution in [3.8, 4) is 0 Å². The summed E-state index contributed by atoms with van der Waals surface area (Å²) in [5.41, 5.74) is 1.67. The third kappa shape index (κ3) is 2.24. The zero-order valence-corrected chi connectivity index (χ0v) is 10.5. The summed E-state index contributed by atoms with van der Waals surface area (Å²) in [5, 5.41) is 14.6. The van der Waals surface area contributed by atoms with E-state index in [0.717, 1.165) is 24.4 Å². The van der Waals surface area contributed by atoms with Crippen molar-refractivity contribution in [3.63, 3.8) is 0 Å². The molecule has 2 heterocycles. The lowest BCUT2D eigenvalue weighted by atomic mass is 10.2. The van der Waals surface area contributed by atoms with E-state index >= 15 is 0 Å². The maximum absolute atomic E-state index is 10.3. The number of imidazole rings is 1. The number of aromatic nitrogens is 4. The Bertz CT molecular complexity index is 500. The first-order valence-corrected chi connectivity index (χ1v) is 5.83.